The molecular formula is C30H31NO6. The molecule has 2 fully saturated rings. The summed E-state index contributed by atoms with van der Waals surface area (Å²) in [6, 6.07) is 4.87. The van der Waals surface area contributed by atoms with Crippen molar-refractivity contribution in [1.29, 1.82) is 0 Å². The van der Waals surface area contributed by atoms with Crippen molar-refractivity contribution in [1.82, 2.24) is 4.90 Å². The van der Waals surface area contributed by atoms with E-state index in [0.29, 0.717) is 34.5 Å². The van der Waals surface area contributed by atoms with Crippen LogP contribution in [0.15, 0.2) is 52.6 Å². The molecule has 2 amide bonds. The lowest BCUT2D eigenvalue weighted by Gasteiger charge is -2.42. The summed E-state index contributed by atoms with van der Waals surface area (Å²) in [5, 5.41) is 11.0. The number of fused-ring (bicyclic) bond motifs is 3. The van der Waals surface area contributed by atoms with Crippen molar-refractivity contribution < 1.29 is 29.0 Å². The molecular weight excluding hydrogens is 470 g/mol. The number of carbonyl (C=O) groups excluding carboxylic acids is 4. The average molecular weight is 502 g/mol. The van der Waals surface area contributed by atoms with Crippen molar-refractivity contribution in [2.45, 2.75) is 63.8 Å². The number of phenols is 1. The molecule has 1 aromatic rings. The molecule has 0 bridgehead atoms. The van der Waals surface area contributed by atoms with E-state index < -0.39 is 23.7 Å². The molecule has 0 spiro atoms. The Labute approximate surface area is 215 Å². The van der Waals surface area contributed by atoms with Gasteiger partial charge >= 0.3 is 0 Å². The van der Waals surface area contributed by atoms with Crippen molar-refractivity contribution in [3.8, 4) is 11.5 Å². The number of nitrogens with zero attached hydrogens (tertiary/aromatic N) is 1. The number of allylic oxidation sites excluding steroid dienone is 6. The summed E-state index contributed by atoms with van der Waals surface area (Å²) in [6.07, 6.45) is 8.81. The van der Waals surface area contributed by atoms with Crippen molar-refractivity contribution in [2.24, 2.45) is 17.8 Å². The molecule has 7 nitrogen and oxygen atoms in total. The Morgan fingerprint density at radius 3 is 2.49 bits per heavy atom. The molecule has 1 saturated carbocycles. The van der Waals surface area contributed by atoms with Crippen molar-refractivity contribution in [3.05, 3.63) is 58.2 Å². The van der Waals surface area contributed by atoms with Crippen LogP contribution in [0.25, 0.3) is 0 Å². The van der Waals surface area contributed by atoms with Gasteiger partial charge in [-0.05, 0) is 56.7 Å². The predicted molar refractivity (Wildman–Crippen MR) is 135 cm³/mol. The van der Waals surface area contributed by atoms with E-state index in [4.69, 9.17) is 4.74 Å². The molecule has 1 aromatic carbocycles. The second kappa shape index (κ2) is 8.82. The van der Waals surface area contributed by atoms with E-state index >= 15 is 0 Å². The molecule has 7 heteroatoms. The molecule has 1 N–H and O–H groups in total. The highest BCUT2D eigenvalue weighted by atomic mass is 16.5. The van der Waals surface area contributed by atoms with E-state index in [-0.39, 0.29) is 41.6 Å². The minimum Gasteiger partial charge on any atom is -0.507 e. The minimum atomic E-state index is -0.724. The number of hydrogen-bond donors (Lipinski definition) is 1. The van der Waals surface area contributed by atoms with Gasteiger partial charge in [0.15, 0.2) is 11.6 Å². The fraction of sp³-hybridized carbons (Fsp3) is 0.467. The van der Waals surface area contributed by atoms with Crippen LogP contribution in [0.3, 0.4) is 0 Å². The second-order valence-electron chi connectivity index (χ2n) is 11.0. The molecule has 192 valence electrons. The van der Waals surface area contributed by atoms with Crippen LogP contribution in [0.1, 0.15) is 63.4 Å². The molecule has 1 saturated heterocycles. The van der Waals surface area contributed by atoms with Gasteiger partial charge in [-0.15, -0.1) is 0 Å². The smallest absolute Gasteiger partial charge is 0.233 e. The molecule has 5 aliphatic rings. The lowest BCUT2D eigenvalue weighted by molar-refractivity contribution is -0.143. The Bertz CT molecular complexity index is 1330. The molecule has 4 unspecified atom stereocenters. The highest BCUT2D eigenvalue weighted by Gasteiger charge is 2.57. The summed E-state index contributed by atoms with van der Waals surface area (Å²) in [7, 11) is 1.50. The Morgan fingerprint density at radius 1 is 1.00 bits per heavy atom. The number of imide groups is 1. The van der Waals surface area contributed by atoms with Gasteiger partial charge in [-0.1, -0.05) is 37.0 Å². The number of ether oxygens (including phenoxy) is 1. The van der Waals surface area contributed by atoms with Gasteiger partial charge in [-0.2, -0.15) is 0 Å². The second-order valence-corrected chi connectivity index (χ2v) is 11.0. The number of Topliss-reactive ketones (excluding diaryl/α,β-unsaturated/α-hetero) is 1. The van der Waals surface area contributed by atoms with E-state index in [9.17, 15) is 24.3 Å². The molecule has 0 radical (unpaired) electrons. The third kappa shape index (κ3) is 3.46. The van der Waals surface area contributed by atoms with E-state index in [1.165, 1.54) is 18.1 Å². The van der Waals surface area contributed by atoms with Crippen LogP contribution in [0.2, 0.25) is 0 Å². The Morgan fingerprint density at radius 2 is 1.76 bits per heavy atom. The fourth-order valence-corrected chi connectivity index (χ4v) is 7.42. The van der Waals surface area contributed by atoms with Crippen LogP contribution in [-0.4, -0.2) is 46.5 Å². The molecule has 0 aromatic heterocycles. The number of likely N-dealkylation sites (tertiary alicyclic amines) is 1. The number of rotatable bonds is 3. The SMILES string of the molecule is COc1cccc(O)c1C1C2=CCC3C(=O)N(C4CCCCC4)C(=O)C3C2CC2=C1C(=O)C(C)=CC2=O. The quantitative estimate of drug-likeness (QED) is 0.379. The van der Waals surface area contributed by atoms with Gasteiger partial charge in [-0.3, -0.25) is 24.1 Å². The summed E-state index contributed by atoms with van der Waals surface area (Å²) in [5.41, 5.74) is 2.33. The van der Waals surface area contributed by atoms with Crippen molar-refractivity contribution >= 4 is 23.4 Å². The standard InChI is InChI=1S/C30H31NO6/c1-15-13-22(33)20-14-19-17(25(26(20)28(15)34)27-21(32)9-6-10-23(27)37-2)11-12-18-24(19)30(36)31(29(18)35)16-7-4-3-5-8-16/h6,9-11,13,16,18-19,24-25,32H,3-5,7-8,12,14H2,1-2H3. The van der Waals surface area contributed by atoms with E-state index in [1.807, 2.05) is 6.08 Å². The summed E-state index contributed by atoms with van der Waals surface area (Å²) in [5.74, 6) is -2.51. The third-order valence-electron chi connectivity index (χ3n) is 9.09. The Balaban J connectivity index is 1.50. The zero-order valence-corrected chi connectivity index (χ0v) is 21.2. The molecule has 1 aliphatic heterocycles. The average Bonchev–Trinajstić information content (AvgIpc) is 3.16. The van der Waals surface area contributed by atoms with Crippen LogP contribution in [0.5, 0.6) is 11.5 Å². The van der Waals surface area contributed by atoms with E-state index in [2.05, 4.69) is 0 Å². The largest absolute Gasteiger partial charge is 0.507 e. The Hall–Kier alpha value is -3.48. The van der Waals surface area contributed by atoms with Gasteiger partial charge in [0.2, 0.25) is 11.8 Å². The number of phenolic OH excluding ortho intramolecular Hbond substituents is 1. The van der Waals surface area contributed by atoms with Gasteiger partial charge in [0.25, 0.3) is 0 Å². The first kappa shape index (κ1) is 23.9. The third-order valence-corrected chi connectivity index (χ3v) is 9.09. The summed E-state index contributed by atoms with van der Waals surface area (Å²) in [6.45, 7) is 1.63. The van der Waals surface area contributed by atoms with Gasteiger partial charge in [0, 0.05) is 34.2 Å². The van der Waals surface area contributed by atoms with Gasteiger partial charge < -0.3 is 9.84 Å². The lowest BCUT2D eigenvalue weighted by Crippen LogP contribution is -2.43. The molecule has 37 heavy (non-hydrogen) atoms. The van der Waals surface area contributed by atoms with Gasteiger partial charge in [0.1, 0.15) is 11.5 Å². The number of benzene rings is 1. The van der Waals surface area contributed by atoms with E-state index in [0.717, 1.165) is 37.7 Å². The number of methoxy groups -OCH3 is 1. The molecule has 4 atom stereocenters. The normalized spacial score (nSPS) is 30.1. The first-order chi connectivity index (χ1) is 17.8. The van der Waals surface area contributed by atoms with Gasteiger partial charge in [-0.25, -0.2) is 0 Å². The van der Waals surface area contributed by atoms with Crippen LogP contribution in [-0.2, 0) is 19.2 Å². The molecule has 1 heterocycles. The van der Waals surface area contributed by atoms with Crippen LogP contribution in [0.4, 0.5) is 0 Å². The molecule has 4 aliphatic carbocycles. The highest BCUT2D eigenvalue weighted by molar-refractivity contribution is 6.24. The first-order valence-electron chi connectivity index (χ1n) is 13.3. The monoisotopic (exact) mass is 501 g/mol. The summed E-state index contributed by atoms with van der Waals surface area (Å²) >= 11 is 0. The maximum absolute atomic E-state index is 13.9. The van der Waals surface area contributed by atoms with Crippen LogP contribution < -0.4 is 4.74 Å². The number of carbonyl (C=O) groups is 4. The number of ketones is 2. The zero-order valence-electron chi connectivity index (χ0n) is 21.2. The Kier molecular flexibility index (Phi) is 5.70. The first-order valence-corrected chi connectivity index (χ1v) is 13.3. The minimum absolute atomic E-state index is 0.0371. The van der Waals surface area contributed by atoms with Crippen LogP contribution >= 0.6 is 0 Å². The van der Waals surface area contributed by atoms with Gasteiger partial charge in [0.05, 0.1) is 18.9 Å². The maximum Gasteiger partial charge on any atom is 0.233 e. The topological polar surface area (TPSA) is 101 Å². The predicted octanol–water partition coefficient (Wildman–Crippen LogP) is 4.16. The number of aromatic hydroxyl groups is 1. The molecule has 6 rings (SSSR count). The summed E-state index contributed by atoms with van der Waals surface area (Å²) in [4.78, 5) is 55.8. The number of hydrogen-bond acceptors (Lipinski definition) is 6. The fourth-order valence-electron chi connectivity index (χ4n) is 7.42. The lowest BCUT2D eigenvalue weighted by atomic mass is 9.59. The van der Waals surface area contributed by atoms with Crippen LogP contribution in [0, 0.1) is 17.8 Å². The maximum atomic E-state index is 13.9. The highest BCUT2D eigenvalue weighted by Crippen LogP contribution is 2.57. The van der Waals surface area contributed by atoms with E-state index in [1.54, 1.807) is 25.1 Å². The number of amides is 2. The van der Waals surface area contributed by atoms with Crippen molar-refractivity contribution in [2.75, 3.05) is 7.11 Å². The summed E-state index contributed by atoms with van der Waals surface area (Å²) < 4.78 is 5.60. The zero-order chi connectivity index (χ0) is 26.0. The van der Waals surface area contributed by atoms with Crippen molar-refractivity contribution in [3.63, 3.8) is 0 Å².